The molecule has 0 bridgehead atoms. The number of para-hydroxylation sites is 1. The summed E-state index contributed by atoms with van der Waals surface area (Å²) in [6.45, 7) is 1.70. The van der Waals surface area contributed by atoms with Crippen LogP contribution in [0, 0.1) is 0 Å². The third-order valence-corrected chi connectivity index (χ3v) is 6.88. The molecule has 1 unspecified atom stereocenters. The SMILES string of the molecule is NC(COc1cncc(-c2ccc3c(c2)C(=C2CCOCC2)C(=O)N3)c1)Cc1c[nH]c2ccccc12. The van der Waals surface area contributed by atoms with Crippen LogP contribution in [0.15, 0.2) is 72.7 Å². The molecule has 2 aromatic carbocycles. The van der Waals surface area contributed by atoms with Crippen LogP contribution in [0.1, 0.15) is 24.0 Å². The van der Waals surface area contributed by atoms with E-state index in [1.807, 2.05) is 42.7 Å². The van der Waals surface area contributed by atoms with Crippen LogP contribution in [-0.2, 0) is 16.0 Å². The van der Waals surface area contributed by atoms with E-state index in [2.05, 4.69) is 33.5 Å². The molecule has 6 rings (SSSR count). The third-order valence-electron chi connectivity index (χ3n) is 6.88. The van der Waals surface area contributed by atoms with Crippen molar-refractivity contribution in [3.8, 4) is 16.9 Å². The molecule has 36 heavy (non-hydrogen) atoms. The van der Waals surface area contributed by atoms with Crippen molar-refractivity contribution >= 4 is 28.1 Å². The smallest absolute Gasteiger partial charge is 0.256 e. The van der Waals surface area contributed by atoms with Crippen molar-refractivity contribution in [2.75, 3.05) is 25.1 Å². The largest absolute Gasteiger partial charge is 0.490 e. The van der Waals surface area contributed by atoms with Gasteiger partial charge in [-0.3, -0.25) is 9.78 Å². The van der Waals surface area contributed by atoms with Gasteiger partial charge in [0.05, 0.1) is 19.4 Å². The average molecular weight is 481 g/mol. The zero-order valence-electron chi connectivity index (χ0n) is 19.9. The van der Waals surface area contributed by atoms with Gasteiger partial charge in [-0.2, -0.15) is 0 Å². The lowest BCUT2D eigenvalue weighted by molar-refractivity contribution is -0.110. The lowest BCUT2D eigenvalue weighted by Crippen LogP contribution is -2.30. The Balaban J connectivity index is 1.18. The van der Waals surface area contributed by atoms with Gasteiger partial charge in [-0.1, -0.05) is 29.8 Å². The number of nitrogens with two attached hydrogens (primary N) is 1. The maximum Gasteiger partial charge on any atom is 0.256 e. The van der Waals surface area contributed by atoms with E-state index in [4.69, 9.17) is 15.2 Å². The Hall–Kier alpha value is -3.94. The Kier molecular flexibility index (Phi) is 6.01. The molecule has 182 valence electrons. The Morgan fingerprint density at radius 3 is 2.81 bits per heavy atom. The summed E-state index contributed by atoms with van der Waals surface area (Å²) >= 11 is 0. The number of amides is 1. The van der Waals surface area contributed by atoms with Gasteiger partial charge in [-0.05, 0) is 54.7 Å². The second-order valence-corrected chi connectivity index (χ2v) is 9.35. The van der Waals surface area contributed by atoms with Gasteiger partial charge >= 0.3 is 0 Å². The highest BCUT2D eigenvalue weighted by Crippen LogP contribution is 2.39. The molecule has 4 aromatic rings. The van der Waals surface area contributed by atoms with E-state index in [0.717, 1.165) is 51.9 Å². The van der Waals surface area contributed by atoms with Crippen molar-refractivity contribution in [2.45, 2.75) is 25.3 Å². The highest BCUT2D eigenvalue weighted by molar-refractivity contribution is 6.32. The summed E-state index contributed by atoms with van der Waals surface area (Å²) in [7, 11) is 0. The molecule has 1 fully saturated rings. The van der Waals surface area contributed by atoms with E-state index in [1.54, 1.807) is 6.20 Å². The summed E-state index contributed by atoms with van der Waals surface area (Å²) in [6.07, 6.45) is 7.82. The molecule has 0 saturated carbocycles. The van der Waals surface area contributed by atoms with Crippen LogP contribution in [0.2, 0.25) is 0 Å². The van der Waals surface area contributed by atoms with Crippen LogP contribution in [0.5, 0.6) is 5.75 Å². The molecule has 1 amide bonds. The van der Waals surface area contributed by atoms with E-state index in [-0.39, 0.29) is 11.9 Å². The molecule has 2 aliphatic heterocycles. The Bertz CT molecular complexity index is 1460. The van der Waals surface area contributed by atoms with Gasteiger partial charge in [-0.15, -0.1) is 0 Å². The quantitative estimate of drug-likeness (QED) is 0.347. The lowest BCUT2D eigenvalue weighted by atomic mass is 9.94. The standard InChI is InChI=1S/C29H28N4O3/c30-22(11-21-15-32-26-4-2-1-3-24(21)26)17-36-23-12-20(14-31-16-23)19-5-6-27-25(13-19)28(29(34)33-27)18-7-9-35-10-8-18/h1-6,12-16,22,32H,7-11,17,30H2,(H,33,34). The number of ether oxygens (including phenoxy) is 2. The highest BCUT2D eigenvalue weighted by Gasteiger charge is 2.28. The fourth-order valence-electron chi connectivity index (χ4n) is 5.07. The van der Waals surface area contributed by atoms with Gasteiger partial charge in [0.2, 0.25) is 0 Å². The fourth-order valence-corrected chi connectivity index (χ4v) is 5.07. The molecular formula is C29H28N4O3. The number of nitrogens with one attached hydrogen (secondary N) is 2. The third kappa shape index (κ3) is 4.39. The zero-order valence-corrected chi connectivity index (χ0v) is 19.9. The topological polar surface area (TPSA) is 102 Å². The lowest BCUT2D eigenvalue weighted by Gasteiger charge is -2.17. The van der Waals surface area contributed by atoms with Crippen molar-refractivity contribution in [3.63, 3.8) is 0 Å². The Morgan fingerprint density at radius 2 is 1.92 bits per heavy atom. The van der Waals surface area contributed by atoms with Crippen LogP contribution in [-0.4, -0.2) is 41.7 Å². The van der Waals surface area contributed by atoms with Crippen LogP contribution >= 0.6 is 0 Å². The van der Waals surface area contributed by atoms with Crippen LogP contribution in [0.4, 0.5) is 5.69 Å². The van der Waals surface area contributed by atoms with E-state index >= 15 is 0 Å². The second-order valence-electron chi connectivity index (χ2n) is 9.35. The second kappa shape index (κ2) is 9.60. The number of benzene rings is 2. The predicted octanol–water partition coefficient (Wildman–Crippen LogP) is 4.69. The number of pyridine rings is 1. The first-order valence-corrected chi connectivity index (χ1v) is 12.3. The summed E-state index contributed by atoms with van der Waals surface area (Å²) in [5, 5.41) is 4.19. The van der Waals surface area contributed by atoms with Gasteiger partial charge in [0.25, 0.3) is 5.91 Å². The average Bonchev–Trinajstić information content (AvgIpc) is 3.47. The maximum absolute atomic E-state index is 12.7. The number of hydrogen-bond acceptors (Lipinski definition) is 5. The number of H-pyrrole nitrogens is 1. The van der Waals surface area contributed by atoms with Gasteiger partial charge in [0, 0.05) is 51.7 Å². The molecular weight excluding hydrogens is 452 g/mol. The van der Waals surface area contributed by atoms with Gasteiger partial charge in [0.1, 0.15) is 12.4 Å². The van der Waals surface area contributed by atoms with E-state index < -0.39 is 0 Å². The predicted molar refractivity (Wildman–Crippen MR) is 141 cm³/mol. The first-order valence-electron chi connectivity index (χ1n) is 12.3. The highest BCUT2D eigenvalue weighted by atomic mass is 16.5. The van der Waals surface area contributed by atoms with Crippen molar-refractivity contribution in [1.29, 1.82) is 0 Å². The Morgan fingerprint density at radius 1 is 1.06 bits per heavy atom. The van der Waals surface area contributed by atoms with Gasteiger partial charge < -0.3 is 25.5 Å². The van der Waals surface area contributed by atoms with E-state index in [1.165, 1.54) is 10.9 Å². The number of fused-ring (bicyclic) bond motifs is 2. The first kappa shape index (κ1) is 22.5. The van der Waals surface area contributed by atoms with Crippen molar-refractivity contribution < 1.29 is 14.3 Å². The number of carbonyl (C=O) groups excluding carboxylic acids is 1. The molecule has 2 aliphatic rings. The summed E-state index contributed by atoms with van der Waals surface area (Å²) in [5.74, 6) is 0.637. The number of aromatic amines is 1. The van der Waals surface area contributed by atoms with Crippen molar-refractivity contribution in [1.82, 2.24) is 9.97 Å². The number of carbonyl (C=O) groups is 1. The van der Waals surface area contributed by atoms with E-state index in [9.17, 15) is 4.79 Å². The number of nitrogens with zero attached hydrogens (tertiary/aromatic N) is 1. The minimum absolute atomic E-state index is 0.0292. The summed E-state index contributed by atoms with van der Waals surface area (Å²) in [5.41, 5.74) is 14.4. The number of rotatable bonds is 6. The molecule has 7 nitrogen and oxygen atoms in total. The normalized spacial score (nSPS) is 16.2. The summed E-state index contributed by atoms with van der Waals surface area (Å²) in [6, 6.07) is 16.1. The van der Waals surface area contributed by atoms with Crippen LogP contribution in [0.25, 0.3) is 27.6 Å². The maximum atomic E-state index is 12.7. The molecule has 1 atom stereocenters. The van der Waals surface area contributed by atoms with Crippen LogP contribution < -0.4 is 15.8 Å². The van der Waals surface area contributed by atoms with Gasteiger partial charge in [0.15, 0.2) is 0 Å². The number of hydrogen-bond donors (Lipinski definition) is 3. The molecule has 4 N–H and O–H groups in total. The molecule has 7 heteroatoms. The molecule has 4 heterocycles. The number of anilines is 1. The monoisotopic (exact) mass is 480 g/mol. The fraction of sp³-hybridized carbons (Fsp3) is 0.241. The molecule has 1 saturated heterocycles. The van der Waals surface area contributed by atoms with Crippen molar-refractivity contribution in [3.05, 3.63) is 83.8 Å². The molecule has 0 radical (unpaired) electrons. The van der Waals surface area contributed by atoms with Crippen molar-refractivity contribution in [2.24, 2.45) is 5.73 Å². The molecule has 0 aliphatic carbocycles. The van der Waals surface area contributed by atoms with Crippen LogP contribution in [0.3, 0.4) is 0 Å². The van der Waals surface area contributed by atoms with Gasteiger partial charge in [-0.25, -0.2) is 0 Å². The Labute approximate surface area is 209 Å². The first-order chi connectivity index (χ1) is 17.7. The molecule has 0 spiro atoms. The molecule has 2 aromatic heterocycles. The number of aromatic nitrogens is 2. The minimum Gasteiger partial charge on any atom is -0.490 e. The minimum atomic E-state index is -0.154. The van der Waals surface area contributed by atoms with E-state index in [0.29, 0.717) is 32.0 Å². The summed E-state index contributed by atoms with van der Waals surface area (Å²) in [4.78, 5) is 20.4. The zero-order chi connectivity index (χ0) is 24.5. The summed E-state index contributed by atoms with van der Waals surface area (Å²) < 4.78 is 11.5.